The maximum absolute atomic E-state index is 12.5. The van der Waals surface area contributed by atoms with Crippen LogP contribution in [0, 0.1) is 0 Å². The first-order chi connectivity index (χ1) is 9.69. The molecule has 5 heteroatoms. The summed E-state index contributed by atoms with van der Waals surface area (Å²) in [6.07, 6.45) is 0.911. The monoisotopic (exact) mass is 289 g/mol. The highest BCUT2D eigenvalue weighted by Gasteiger charge is 2.23. The molecule has 2 aromatic rings. The van der Waals surface area contributed by atoms with Gasteiger partial charge in [-0.2, -0.15) is 0 Å². The number of phenols is 1. The second kappa shape index (κ2) is 5.17. The molecule has 0 radical (unpaired) electrons. The van der Waals surface area contributed by atoms with Gasteiger partial charge in [-0.1, -0.05) is 0 Å². The zero-order valence-corrected chi connectivity index (χ0v) is 11.9. The van der Waals surface area contributed by atoms with E-state index < -0.39 is 0 Å². The van der Waals surface area contributed by atoms with Crippen molar-refractivity contribution in [2.45, 2.75) is 13.0 Å². The molecule has 2 heterocycles. The van der Waals surface area contributed by atoms with Gasteiger partial charge in [-0.25, -0.2) is 0 Å². The summed E-state index contributed by atoms with van der Waals surface area (Å²) in [5, 5.41) is 11.7. The minimum Gasteiger partial charge on any atom is -0.504 e. The predicted molar refractivity (Wildman–Crippen MR) is 77.4 cm³/mol. The van der Waals surface area contributed by atoms with Crippen molar-refractivity contribution in [3.8, 4) is 11.5 Å². The molecule has 1 aromatic carbocycles. The van der Waals surface area contributed by atoms with Gasteiger partial charge in [-0.3, -0.25) is 4.79 Å². The average molecular weight is 289 g/mol. The van der Waals surface area contributed by atoms with Gasteiger partial charge in [-0.15, -0.1) is 11.3 Å². The lowest BCUT2D eigenvalue weighted by atomic mass is 10.1. The summed E-state index contributed by atoms with van der Waals surface area (Å²) in [4.78, 5) is 15.7. The Bertz CT molecular complexity index is 650. The Labute approximate surface area is 121 Å². The van der Waals surface area contributed by atoms with Gasteiger partial charge in [0.25, 0.3) is 5.91 Å². The van der Waals surface area contributed by atoms with Crippen LogP contribution in [0.5, 0.6) is 11.5 Å². The standard InChI is InChI=1S/C15H15NO3S/c1-19-13-8-10(2-3-12(13)17)15(18)16-6-4-14-11(9-16)5-7-20-14/h2-3,5,7-8,17H,4,6,9H2,1H3. The first-order valence-electron chi connectivity index (χ1n) is 6.40. The number of ether oxygens (including phenoxy) is 1. The van der Waals surface area contributed by atoms with Crippen LogP contribution < -0.4 is 4.74 Å². The maximum Gasteiger partial charge on any atom is 0.254 e. The van der Waals surface area contributed by atoms with E-state index in [1.165, 1.54) is 23.6 Å². The van der Waals surface area contributed by atoms with Gasteiger partial charge in [0.05, 0.1) is 7.11 Å². The van der Waals surface area contributed by atoms with E-state index in [1.807, 2.05) is 4.90 Å². The first kappa shape index (κ1) is 13.0. The number of thiophene rings is 1. The Kier molecular flexibility index (Phi) is 3.36. The Morgan fingerprint density at radius 1 is 1.40 bits per heavy atom. The smallest absolute Gasteiger partial charge is 0.254 e. The summed E-state index contributed by atoms with van der Waals surface area (Å²) < 4.78 is 5.05. The van der Waals surface area contributed by atoms with Crippen molar-refractivity contribution in [3.05, 3.63) is 45.6 Å². The number of aromatic hydroxyl groups is 1. The SMILES string of the molecule is COc1cc(C(=O)N2CCc3sccc3C2)ccc1O. The summed E-state index contributed by atoms with van der Waals surface area (Å²) in [6.45, 7) is 1.39. The third kappa shape index (κ3) is 2.25. The van der Waals surface area contributed by atoms with Crippen LogP contribution >= 0.6 is 11.3 Å². The molecular weight excluding hydrogens is 274 g/mol. The Hall–Kier alpha value is -2.01. The normalized spacial score (nSPS) is 13.9. The number of rotatable bonds is 2. The molecule has 20 heavy (non-hydrogen) atoms. The van der Waals surface area contributed by atoms with Gasteiger partial charge in [-0.05, 0) is 41.6 Å². The van der Waals surface area contributed by atoms with Crippen LogP contribution in [0.1, 0.15) is 20.8 Å². The molecule has 1 aliphatic rings. The number of phenolic OH excluding ortho intramolecular Hbond substituents is 1. The van der Waals surface area contributed by atoms with Crippen LogP contribution in [0.25, 0.3) is 0 Å². The summed E-state index contributed by atoms with van der Waals surface area (Å²) in [6, 6.07) is 6.78. The largest absolute Gasteiger partial charge is 0.504 e. The number of benzene rings is 1. The summed E-state index contributed by atoms with van der Waals surface area (Å²) in [5.41, 5.74) is 1.78. The highest BCUT2D eigenvalue weighted by atomic mass is 32.1. The minimum absolute atomic E-state index is 0.0276. The van der Waals surface area contributed by atoms with Crippen LogP contribution in [0.3, 0.4) is 0 Å². The van der Waals surface area contributed by atoms with Crippen LogP contribution in [-0.4, -0.2) is 29.6 Å². The fraction of sp³-hybridized carbons (Fsp3) is 0.267. The number of fused-ring (bicyclic) bond motifs is 1. The van der Waals surface area contributed by atoms with E-state index in [0.717, 1.165) is 13.0 Å². The van der Waals surface area contributed by atoms with Crippen molar-refractivity contribution < 1.29 is 14.6 Å². The van der Waals surface area contributed by atoms with E-state index in [1.54, 1.807) is 23.5 Å². The van der Waals surface area contributed by atoms with Crippen molar-refractivity contribution in [3.63, 3.8) is 0 Å². The topological polar surface area (TPSA) is 49.8 Å². The lowest BCUT2D eigenvalue weighted by Crippen LogP contribution is -2.35. The van der Waals surface area contributed by atoms with Gasteiger partial charge in [0.15, 0.2) is 11.5 Å². The molecule has 0 unspecified atom stereocenters. The molecule has 1 amide bonds. The quantitative estimate of drug-likeness (QED) is 0.924. The molecule has 0 aliphatic carbocycles. The number of carbonyl (C=O) groups is 1. The van der Waals surface area contributed by atoms with Crippen LogP contribution in [-0.2, 0) is 13.0 Å². The number of methoxy groups -OCH3 is 1. The molecule has 0 saturated carbocycles. The molecule has 3 rings (SSSR count). The second-order valence-corrected chi connectivity index (χ2v) is 5.73. The van der Waals surface area contributed by atoms with E-state index >= 15 is 0 Å². The molecule has 0 atom stereocenters. The number of hydrogen-bond acceptors (Lipinski definition) is 4. The number of amides is 1. The zero-order valence-electron chi connectivity index (χ0n) is 11.1. The summed E-state index contributed by atoms with van der Waals surface area (Å²) in [5.74, 6) is 0.340. The zero-order chi connectivity index (χ0) is 14.1. The van der Waals surface area contributed by atoms with Gasteiger partial charge in [0, 0.05) is 23.5 Å². The molecule has 1 aromatic heterocycles. The molecule has 1 aliphatic heterocycles. The summed E-state index contributed by atoms with van der Waals surface area (Å²) >= 11 is 1.75. The Balaban J connectivity index is 1.83. The Morgan fingerprint density at radius 2 is 2.25 bits per heavy atom. The van der Waals surface area contributed by atoms with Crippen molar-refractivity contribution in [2.24, 2.45) is 0 Å². The molecule has 0 spiro atoms. The van der Waals surface area contributed by atoms with Crippen LogP contribution in [0.4, 0.5) is 0 Å². The molecule has 1 N–H and O–H groups in total. The van der Waals surface area contributed by atoms with Crippen LogP contribution in [0.15, 0.2) is 29.6 Å². The number of hydrogen-bond donors (Lipinski definition) is 1. The fourth-order valence-electron chi connectivity index (χ4n) is 2.42. The average Bonchev–Trinajstić information content (AvgIpc) is 2.94. The first-order valence-corrected chi connectivity index (χ1v) is 7.28. The van der Waals surface area contributed by atoms with E-state index in [4.69, 9.17) is 4.74 Å². The predicted octanol–water partition coefficient (Wildman–Crippen LogP) is 2.66. The lowest BCUT2D eigenvalue weighted by Gasteiger charge is -2.27. The van der Waals surface area contributed by atoms with Crippen molar-refractivity contribution in [2.75, 3.05) is 13.7 Å². The second-order valence-electron chi connectivity index (χ2n) is 4.73. The minimum atomic E-state index is -0.0276. The number of nitrogens with zero attached hydrogens (tertiary/aromatic N) is 1. The van der Waals surface area contributed by atoms with Crippen molar-refractivity contribution >= 4 is 17.2 Å². The van der Waals surface area contributed by atoms with Crippen molar-refractivity contribution in [1.82, 2.24) is 4.90 Å². The van der Waals surface area contributed by atoms with E-state index in [9.17, 15) is 9.90 Å². The molecule has 0 bridgehead atoms. The highest BCUT2D eigenvalue weighted by Crippen LogP contribution is 2.29. The van der Waals surface area contributed by atoms with E-state index in [2.05, 4.69) is 11.4 Å². The molecule has 0 saturated heterocycles. The highest BCUT2D eigenvalue weighted by molar-refractivity contribution is 7.10. The van der Waals surface area contributed by atoms with Gasteiger partial charge >= 0.3 is 0 Å². The van der Waals surface area contributed by atoms with Gasteiger partial charge in [0.2, 0.25) is 0 Å². The third-order valence-corrected chi connectivity index (χ3v) is 4.54. The summed E-state index contributed by atoms with van der Waals surface area (Å²) in [7, 11) is 1.47. The van der Waals surface area contributed by atoms with E-state index in [0.29, 0.717) is 17.9 Å². The third-order valence-electron chi connectivity index (χ3n) is 3.52. The number of carbonyl (C=O) groups excluding carboxylic acids is 1. The van der Waals surface area contributed by atoms with E-state index in [-0.39, 0.29) is 11.7 Å². The maximum atomic E-state index is 12.5. The molecular formula is C15H15NO3S. The fourth-order valence-corrected chi connectivity index (χ4v) is 3.30. The molecule has 104 valence electrons. The molecule has 4 nitrogen and oxygen atoms in total. The Morgan fingerprint density at radius 3 is 3.05 bits per heavy atom. The molecule has 0 fully saturated rings. The van der Waals surface area contributed by atoms with Crippen molar-refractivity contribution in [1.29, 1.82) is 0 Å². The van der Waals surface area contributed by atoms with Gasteiger partial charge < -0.3 is 14.7 Å². The van der Waals surface area contributed by atoms with Gasteiger partial charge in [0.1, 0.15) is 0 Å². The lowest BCUT2D eigenvalue weighted by molar-refractivity contribution is 0.0735. The van der Waals surface area contributed by atoms with Crippen LogP contribution in [0.2, 0.25) is 0 Å².